The van der Waals surface area contributed by atoms with E-state index in [4.69, 9.17) is 4.74 Å². The largest absolute Gasteiger partial charge is 0.494 e. The van der Waals surface area contributed by atoms with Crippen LogP contribution in [0.4, 0.5) is 0 Å². The van der Waals surface area contributed by atoms with Crippen molar-refractivity contribution in [3.05, 3.63) is 49.1 Å². The van der Waals surface area contributed by atoms with Crippen molar-refractivity contribution in [3.63, 3.8) is 0 Å². The molecule has 0 radical (unpaired) electrons. The SMILES string of the molecule is C=CC(=O)CC1CC(C(=O)N2CC[C@H](n3cc(-c4cc(OC)c5c(C#N)cnn5c4)cn3)C2)C1. The highest BCUT2D eigenvalue weighted by Gasteiger charge is 2.39. The molecule has 1 atom stereocenters. The number of likely N-dealkylation sites (tertiary alicyclic amines) is 1. The van der Waals surface area contributed by atoms with Crippen LogP contribution in [0.15, 0.2) is 43.5 Å². The first-order valence-corrected chi connectivity index (χ1v) is 11.4. The number of ether oxygens (including phenoxy) is 1. The smallest absolute Gasteiger partial charge is 0.225 e. The van der Waals surface area contributed by atoms with Crippen molar-refractivity contribution in [1.29, 1.82) is 5.26 Å². The number of hydrogen-bond acceptors (Lipinski definition) is 6. The van der Waals surface area contributed by atoms with Crippen molar-refractivity contribution in [3.8, 4) is 22.9 Å². The molecule has 9 nitrogen and oxygen atoms in total. The zero-order valence-electron chi connectivity index (χ0n) is 19.1. The van der Waals surface area contributed by atoms with Crippen LogP contribution in [0.25, 0.3) is 16.6 Å². The Morgan fingerprint density at radius 1 is 1.26 bits per heavy atom. The minimum absolute atomic E-state index is 0.0288. The minimum atomic E-state index is 0.0288. The predicted octanol–water partition coefficient (Wildman–Crippen LogP) is 3.02. The van der Waals surface area contributed by atoms with E-state index in [9.17, 15) is 14.9 Å². The van der Waals surface area contributed by atoms with E-state index in [1.54, 1.807) is 17.8 Å². The molecular weight excluding hydrogens is 432 g/mol. The third kappa shape index (κ3) is 3.85. The topological polar surface area (TPSA) is 106 Å². The van der Waals surface area contributed by atoms with Crippen LogP contribution in [0.2, 0.25) is 0 Å². The predicted molar refractivity (Wildman–Crippen MR) is 124 cm³/mol. The van der Waals surface area contributed by atoms with Gasteiger partial charge in [0.15, 0.2) is 5.78 Å². The average Bonchev–Trinajstić information content (AvgIpc) is 3.58. The first kappa shape index (κ1) is 21.9. The highest BCUT2D eigenvalue weighted by Crippen LogP contribution is 2.39. The molecular formula is C25H26N6O3. The number of hydrogen-bond donors (Lipinski definition) is 0. The van der Waals surface area contributed by atoms with Gasteiger partial charge in [0.05, 0.1) is 25.5 Å². The van der Waals surface area contributed by atoms with Crippen molar-refractivity contribution in [1.82, 2.24) is 24.3 Å². The highest BCUT2D eigenvalue weighted by molar-refractivity contribution is 5.89. The number of aromatic nitrogens is 4. The maximum atomic E-state index is 12.9. The normalized spacial score (nSPS) is 21.8. The van der Waals surface area contributed by atoms with Gasteiger partial charge in [-0.2, -0.15) is 15.5 Å². The van der Waals surface area contributed by atoms with Gasteiger partial charge in [0, 0.05) is 48.9 Å². The molecule has 4 heterocycles. The average molecular weight is 459 g/mol. The minimum Gasteiger partial charge on any atom is -0.494 e. The fourth-order valence-electron chi connectivity index (χ4n) is 5.05. The summed E-state index contributed by atoms with van der Waals surface area (Å²) in [5.41, 5.74) is 2.88. The number of methoxy groups -OCH3 is 1. The van der Waals surface area contributed by atoms with Crippen LogP contribution in [0.1, 0.15) is 37.3 Å². The van der Waals surface area contributed by atoms with Crippen LogP contribution in [0.5, 0.6) is 5.75 Å². The van der Waals surface area contributed by atoms with Gasteiger partial charge in [-0.1, -0.05) is 6.58 Å². The Labute approximate surface area is 197 Å². The number of carbonyl (C=O) groups is 2. The molecule has 0 aromatic carbocycles. The maximum absolute atomic E-state index is 12.9. The number of ketones is 1. The van der Waals surface area contributed by atoms with Gasteiger partial charge in [-0.3, -0.25) is 14.3 Å². The van der Waals surface area contributed by atoms with E-state index in [-0.39, 0.29) is 23.7 Å². The molecule has 0 spiro atoms. The number of carbonyl (C=O) groups excluding carboxylic acids is 2. The summed E-state index contributed by atoms with van der Waals surface area (Å²) in [6.07, 6.45) is 11.5. The lowest BCUT2D eigenvalue weighted by Gasteiger charge is -2.36. The summed E-state index contributed by atoms with van der Waals surface area (Å²) in [6.45, 7) is 4.88. The summed E-state index contributed by atoms with van der Waals surface area (Å²) in [6, 6.07) is 4.14. The number of amides is 1. The Hall–Kier alpha value is -3.93. The zero-order valence-corrected chi connectivity index (χ0v) is 19.1. The Bertz CT molecular complexity index is 1310. The lowest BCUT2D eigenvalue weighted by molar-refractivity contribution is -0.139. The molecule has 1 amide bonds. The first-order valence-electron chi connectivity index (χ1n) is 11.4. The van der Waals surface area contributed by atoms with Crippen LogP contribution in [0.3, 0.4) is 0 Å². The molecule has 1 aliphatic carbocycles. The molecule has 174 valence electrons. The lowest BCUT2D eigenvalue weighted by Crippen LogP contribution is -2.41. The second-order valence-corrected chi connectivity index (χ2v) is 9.11. The number of nitrogens with zero attached hydrogens (tertiary/aromatic N) is 6. The van der Waals surface area contributed by atoms with Gasteiger partial charge in [0.2, 0.25) is 5.91 Å². The van der Waals surface area contributed by atoms with E-state index in [1.807, 2.05) is 28.0 Å². The first-order chi connectivity index (χ1) is 16.5. The van der Waals surface area contributed by atoms with Gasteiger partial charge in [-0.25, -0.2) is 4.52 Å². The molecule has 34 heavy (non-hydrogen) atoms. The fourth-order valence-corrected chi connectivity index (χ4v) is 5.05. The second-order valence-electron chi connectivity index (χ2n) is 9.11. The van der Waals surface area contributed by atoms with Crippen LogP contribution >= 0.6 is 0 Å². The van der Waals surface area contributed by atoms with Crippen molar-refractivity contribution in [2.75, 3.05) is 20.2 Å². The van der Waals surface area contributed by atoms with Gasteiger partial charge in [-0.15, -0.1) is 0 Å². The Balaban J connectivity index is 1.25. The van der Waals surface area contributed by atoms with E-state index in [0.717, 1.165) is 36.9 Å². The number of allylic oxidation sites excluding steroid dienone is 1. The molecule has 1 saturated carbocycles. The Morgan fingerprint density at radius 2 is 2.09 bits per heavy atom. The molecule has 2 aliphatic rings. The second kappa shape index (κ2) is 8.78. The number of fused-ring (bicyclic) bond motifs is 1. The van der Waals surface area contributed by atoms with Gasteiger partial charge in [0.25, 0.3) is 0 Å². The number of rotatable bonds is 7. The van der Waals surface area contributed by atoms with Crippen LogP contribution in [-0.2, 0) is 9.59 Å². The molecule has 5 rings (SSSR count). The van der Waals surface area contributed by atoms with E-state index in [0.29, 0.717) is 35.7 Å². The van der Waals surface area contributed by atoms with Crippen molar-refractivity contribution < 1.29 is 14.3 Å². The lowest BCUT2D eigenvalue weighted by atomic mass is 9.72. The monoisotopic (exact) mass is 458 g/mol. The molecule has 2 fully saturated rings. The fraction of sp³-hybridized carbons (Fsp3) is 0.400. The third-order valence-corrected chi connectivity index (χ3v) is 7.00. The molecule has 1 saturated heterocycles. The zero-order chi connectivity index (χ0) is 23.8. The maximum Gasteiger partial charge on any atom is 0.225 e. The van der Waals surface area contributed by atoms with Crippen molar-refractivity contribution in [2.24, 2.45) is 11.8 Å². The van der Waals surface area contributed by atoms with Crippen molar-refractivity contribution >= 4 is 17.2 Å². The molecule has 0 unspecified atom stereocenters. The van der Waals surface area contributed by atoms with Gasteiger partial charge in [0.1, 0.15) is 22.9 Å². The van der Waals surface area contributed by atoms with Gasteiger partial charge < -0.3 is 9.64 Å². The van der Waals surface area contributed by atoms with Gasteiger partial charge in [-0.05, 0) is 37.3 Å². The number of pyridine rings is 1. The van der Waals surface area contributed by atoms with E-state index in [2.05, 4.69) is 22.8 Å². The van der Waals surface area contributed by atoms with Crippen LogP contribution in [0, 0.1) is 23.2 Å². The molecule has 3 aromatic rings. The Morgan fingerprint density at radius 3 is 2.82 bits per heavy atom. The Kier molecular flexibility index (Phi) is 5.65. The summed E-state index contributed by atoms with van der Waals surface area (Å²) in [5.74, 6) is 1.16. The van der Waals surface area contributed by atoms with E-state index >= 15 is 0 Å². The van der Waals surface area contributed by atoms with E-state index < -0.39 is 0 Å². The quantitative estimate of drug-likeness (QED) is 0.504. The van der Waals surface area contributed by atoms with Crippen LogP contribution in [-0.4, -0.2) is 56.2 Å². The molecule has 9 heteroatoms. The molecule has 1 aliphatic heterocycles. The summed E-state index contributed by atoms with van der Waals surface area (Å²) in [7, 11) is 1.57. The summed E-state index contributed by atoms with van der Waals surface area (Å²) in [4.78, 5) is 26.4. The summed E-state index contributed by atoms with van der Waals surface area (Å²) in [5, 5.41) is 18.2. The standard InChI is InChI=1S/C25H26N6O3/c1-3-22(32)8-16-6-17(7-16)25(33)29-5-4-21(15-29)30-14-20(12-27-30)18-9-23(34-2)24-19(10-26)11-28-31(24)13-18/h3,9,11-14,16-17,21H,1,4-8,15H2,2H3/t16?,17?,21-/m0/s1. The summed E-state index contributed by atoms with van der Waals surface area (Å²) < 4.78 is 9.08. The number of nitriles is 1. The van der Waals surface area contributed by atoms with Crippen LogP contribution < -0.4 is 4.74 Å². The van der Waals surface area contributed by atoms with Crippen molar-refractivity contribution in [2.45, 2.75) is 31.7 Å². The van der Waals surface area contributed by atoms with Gasteiger partial charge >= 0.3 is 0 Å². The molecule has 0 N–H and O–H groups in total. The summed E-state index contributed by atoms with van der Waals surface area (Å²) >= 11 is 0. The third-order valence-electron chi connectivity index (χ3n) is 7.00. The molecule has 3 aromatic heterocycles. The highest BCUT2D eigenvalue weighted by atomic mass is 16.5. The van der Waals surface area contributed by atoms with E-state index in [1.165, 1.54) is 12.3 Å². The molecule has 0 bridgehead atoms.